The molecule has 0 fully saturated rings. The molecule has 0 aromatic rings. The average Bonchev–Trinajstić information content (AvgIpc) is 1.84. The van der Waals surface area contributed by atoms with E-state index < -0.39 is 5.41 Å². The molecule has 0 saturated heterocycles. The SMILES string of the molecule is CC/C=C/C(C)(C)C(=O)Cl. The summed E-state index contributed by atoms with van der Waals surface area (Å²) in [6, 6.07) is 0. The van der Waals surface area contributed by atoms with E-state index in [1.807, 2.05) is 19.1 Å². The molecule has 0 aromatic heterocycles. The van der Waals surface area contributed by atoms with E-state index >= 15 is 0 Å². The molecule has 0 saturated carbocycles. The van der Waals surface area contributed by atoms with Gasteiger partial charge in [0, 0.05) is 0 Å². The molecule has 0 radical (unpaired) electrons. The van der Waals surface area contributed by atoms with Crippen LogP contribution in [0.4, 0.5) is 0 Å². The van der Waals surface area contributed by atoms with Gasteiger partial charge >= 0.3 is 0 Å². The van der Waals surface area contributed by atoms with Gasteiger partial charge in [-0.2, -0.15) is 0 Å². The maximum atomic E-state index is 10.7. The van der Waals surface area contributed by atoms with Crippen molar-refractivity contribution in [3.8, 4) is 0 Å². The van der Waals surface area contributed by atoms with Crippen LogP contribution in [0.1, 0.15) is 27.2 Å². The third-order valence-electron chi connectivity index (χ3n) is 1.28. The molecule has 0 atom stereocenters. The van der Waals surface area contributed by atoms with Gasteiger partial charge in [-0.15, -0.1) is 0 Å². The minimum atomic E-state index is -0.502. The monoisotopic (exact) mass is 160 g/mol. The van der Waals surface area contributed by atoms with Crippen LogP contribution in [0.2, 0.25) is 0 Å². The van der Waals surface area contributed by atoms with Crippen LogP contribution in [0.15, 0.2) is 12.2 Å². The van der Waals surface area contributed by atoms with E-state index in [2.05, 4.69) is 0 Å². The second-order valence-corrected chi connectivity index (χ2v) is 3.15. The number of allylic oxidation sites excluding steroid dienone is 2. The molecule has 0 unspecified atom stereocenters. The van der Waals surface area contributed by atoms with Gasteiger partial charge in [0.2, 0.25) is 5.24 Å². The first-order chi connectivity index (χ1) is 4.50. The van der Waals surface area contributed by atoms with Crippen LogP contribution < -0.4 is 0 Å². The molecule has 0 heterocycles. The first kappa shape index (κ1) is 9.70. The van der Waals surface area contributed by atoms with Crippen molar-refractivity contribution in [2.24, 2.45) is 5.41 Å². The second kappa shape index (κ2) is 3.77. The largest absolute Gasteiger partial charge is 0.280 e. The van der Waals surface area contributed by atoms with Crippen LogP contribution in [0.5, 0.6) is 0 Å². The zero-order chi connectivity index (χ0) is 8.20. The van der Waals surface area contributed by atoms with E-state index in [4.69, 9.17) is 11.6 Å². The van der Waals surface area contributed by atoms with Crippen molar-refractivity contribution in [1.82, 2.24) is 0 Å². The molecule has 0 rings (SSSR count). The maximum Gasteiger partial charge on any atom is 0.231 e. The smallest absolute Gasteiger partial charge is 0.231 e. The summed E-state index contributed by atoms with van der Waals surface area (Å²) in [6.45, 7) is 5.62. The molecule has 0 aliphatic heterocycles. The van der Waals surface area contributed by atoms with Crippen LogP contribution >= 0.6 is 11.6 Å². The van der Waals surface area contributed by atoms with Crippen molar-refractivity contribution >= 4 is 16.8 Å². The quantitative estimate of drug-likeness (QED) is 0.459. The Morgan fingerprint density at radius 2 is 2.10 bits per heavy atom. The van der Waals surface area contributed by atoms with Gasteiger partial charge in [0.15, 0.2) is 0 Å². The van der Waals surface area contributed by atoms with Crippen molar-refractivity contribution in [3.05, 3.63) is 12.2 Å². The lowest BCUT2D eigenvalue weighted by molar-refractivity contribution is -0.116. The second-order valence-electron chi connectivity index (χ2n) is 2.81. The van der Waals surface area contributed by atoms with Gasteiger partial charge in [0.25, 0.3) is 0 Å². The maximum absolute atomic E-state index is 10.7. The Morgan fingerprint density at radius 1 is 1.60 bits per heavy atom. The molecule has 10 heavy (non-hydrogen) atoms. The lowest BCUT2D eigenvalue weighted by atomic mass is 9.95. The van der Waals surface area contributed by atoms with E-state index in [1.54, 1.807) is 13.8 Å². The van der Waals surface area contributed by atoms with Gasteiger partial charge in [-0.1, -0.05) is 19.1 Å². The van der Waals surface area contributed by atoms with E-state index in [9.17, 15) is 4.79 Å². The summed E-state index contributed by atoms with van der Waals surface area (Å²) in [5.74, 6) is 0. The first-order valence-electron chi connectivity index (χ1n) is 3.38. The van der Waals surface area contributed by atoms with Crippen LogP contribution in [-0.2, 0) is 4.79 Å². The summed E-state index contributed by atoms with van der Waals surface area (Å²) < 4.78 is 0. The van der Waals surface area contributed by atoms with E-state index in [0.717, 1.165) is 6.42 Å². The summed E-state index contributed by atoms with van der Waals surface area (Å²) in [5.41, 5.74) is -0.502. The lowest BCUT2D eigenvalue weighted by Crippen LogP contribution is -2.15. The molecule has 0 aromatic carbocycles. The third kappa shape index (κ3) is 3.02. The Balaban J connectivity index is 4.12. The van der Waals surface area contributed by atoms with E-state index in [0.29, 0.717) is 0 Å². The highest BCUT2D eigenvalue weighted by Gasteiger charge is 2.21. The molecular weight excluding hydrogens is 148 g/mol. The summed E-state index contributed by atoms with van der Waals surface area (Å²) >= 11 is 5.32. The predicted octanol–water partition coefficient (Wildman–Crippen LogP) is 2.74. The Labute approximate surface area is 67.1 Å². The van der Waals surface area contributed by atoms with E-state index in [1.165, 1.54) is 0 Å². The highest BCUT2D eigenvalue weighted by molar-refractivity contribution is 6.64. The van der Waals surface area contributed by atoms with Crippen LogP contribution in [0, 0.1) is 5.41 Å². The number of carbonyl (C=O) groups is 1. The molecule has 58 valence electrons. The fraction of sp³-hybridized carbons (Fsp3) is 0.625. The average molecular weight is 161 g/mol. The molecule has 2 heteroatoms. The van der Waals surface area contributed by atoms with Gasteiger partial charge in [-0.3, -0.25) is 4.79 Å². The van der Waals surface area contributed by atoms with Crippen LogP contribution in [0.3, 0.4) is 0 Å². The molecule has 0 bridgehead atoms. The molecule has 1 nitrogen and oxygen atoms in total. The molecule has 0 aliphatic rings. The molecule has 0 N–H and O–H groups in total. The van der Waals surface area contributed by atoms with Crippen molar-refractivity contribution in [2.75, 3.05) is 0 Å². The Morgan fingerprint density at radius 3 is 2.40 bits per heavy atom. The summed E-state index contributed by atoms with van der Waals surface area (Å²) in [4.78, 5) is 10.7. The molecule has 0 spiro atoms. The van der Waals surface area contributed by atoms with Crippen LogP contribution in [-0.4, -0.2) is 5.24 Å². The third-order valence-corrected chi connectivity index (χ3v) is 1.76. The van der Waals surface area contributed by atoms with Gasteiger partial charge < -0.3 is 0 Å². The Bertz CT molecular complexity index is 147. The number of carbonyl (C=O) groups excluding carboxylic acids is 1. The van der Waals surface area contributed by atoms with Gasteiger partial charge in [-0.05, 0) is 31.9 Å². The highest BCUT2D eigenvalue weighted by atomic mass is 35.5. The highest BCUT2D eigenvalue weighted by Crippen LogP contribution is 2.20. The molecule has 0 amide bonds. The lowest BCUT2D eigenvalue weighted by Gasteiger charge is -2.12. The number of rotatable bonds is 3. The van der Waals surface area contributed by atoms with Crippen molar-refractivity contribution in [2.45, 2.75) is 27.2 Å². The number of hydrogen-bond acceptors (Lipinski definition) is 1. The molecular formula is C8H13ClO. The van der Waals surface area contributed by atoms with Gasteiger partial charge in [0.1, 0.15) is 0 Å². The van der Waals surface area contributed by atoms with Gasteiger partial charge in [-0.25, -0.2) is 0 Å². The fourth-order valence-electron chi connectivity index (χ4n) is 0.478. The first-order valence-corrected chi connectivity index (χ1v) is 3.76. The summed E-state index contributed by atoms with van der Waals surface area (Å²) in [7, 11) is 0. The summed E-state index contributed by atoms with van der Waals surface area (Å²) in [5, 5.41) is -0.308. The molecule has 0 aliphatic carbocycles. The predicted molar refractivity (Wildman–Crippen MR) is 44.1 cm³/mol. The topological polar surface area (TPSA) is 17.1 Å². The minimum Gasteiger partial charge on any atom is -0.280 e. The zero-order valence-corrected chi connectivity index (χ0v) is 7.40. The minimum absolute atomic E-state index is 0.308. The Hall–Kier alpha value is -0.300. The van der Waals surface area contributed by atoms with Crippen molar-refractivity contribution in [3.63, 3.8) is 0 Å². The van der Waals surface area contributed by atoms with Crippen LogP contribution in [0.25, 0.3) is 0 Å². The summed E-state index contributed by atoms with van der Waals surface area (Å²) in [6.07, 6.45) is 4.72. The number of halogens is 1. The van der Waals surface area contributed by atoms with Crippen molar-refractivity contribution < 1.29 is 4.79 Å². The Kier molecular flexibility index (Phi) is 3.66. The standard InChI is InChI=1S/C8H13ClO/c1-4-5-6-8(2,3)7(9)10/h5-6H,4H2,1-3H3/b6-5+. The fourth-order valence-corrected chi connectivity index (χ4v) is 0.541. The van der Waals surface area contributed by atoms with E-state index in [-0.39, 0.29) is 5.24 Å². The zero-order valence-electron chi connectivity index (χ0n) is 6.65. The number of hydrogen-bond donors (Lipinski definition) is 0. The van der Waals surface area contributed by atoms with Crippen molar-refractivity contribution in [1.29, 1.82) is 0 Å². The normalized spacial score (nSPS) is 12.4. The van der Waals surface area contributed by atoms with Gasteiger partial charge in [0.05, 0.1) is 5.41 Å².